The number of nitrogens with two attached hydrogens (primary N) is 1. The number of phenolic OH excluding ortho intramolecular Hbond substituents is 1. The molecule has 0 fully saturated rings. The number of benzene rings is 1. The summed E-state index contributed by atoms with van der Waals surface area (Å²) in [7, 11) is 0. The van der Waals surface area contributed by atoms with Crippen molar-refractivity contribution >= 4 is 23.0 Å². The molecule has 0 aliphatic heterocycles. The van der Waals surface area contributed by atoms with Gasteiger partial charge in [-0.05, 0) is 6.42 Å². The second kappa shape index (κ2) is 3.71. The number of rotatable bonds is 2. The zero-order chi connectivity index (χ0) is 10.9. The van der Waals surface area contributed by atoms with Gasteiger partial charge in [-0.15, -0.1) is 0 Å². The Morgan fingerprint density at radius 2 is 2.29 bits per heavy atom. The summed E-state index contributed by atoms with van der Waals surface area (Å²) in [5.41, 5.74) is 5.31. The fourth-order valence-electron chi connectivity index (χ4n) is 1.11. The van der Waals surface area contributed by atoms with E-state index in [0.29, 0.717) is 12.0 Å². The summed E-state index contributed by atoms with van der Waals surface area (Å²) in [6.45, 7) is 1.76. The number of hydrogen-bond donors (Lipinski definition) is 2. The smallest absolute Gasteiger partial charge is 0.294 e. The van der Waals surface area contributed by atoms with E-state index in [-0.39, 0.29) is 22.1 Å². The van der Waals surface area contributed by atoms with E-state index in [1.807, 2.05) is 0 Å². The van der Waals surface area contributed by atoms with Crippen LogP contribution in [0.5, 0.6) is 5.75 Å². The molecule has 0 unspecified atom stereocenters. The van der Waals surface area contributed by atoms with Crippen LogP contribution in [-0.4, -0.2) is 10.0 Å². The van der Waals surface area contributed by atoms with Crippen LogP contribution in [0.1, 0.15) is 12.5 Å². The molecule has 1 rings (SSSR count). The van der Waals surface area contributed by atoms with Crippen LogP contribution in [0.25, 0.3) is 0 Å². The summed E-state index contributed by atoms with van der Waals surface area (Å²) in [6, 6.07) is 1.23. The van der Waals surface area contributed by atoms with Gasteiger partial charge in [0.15, 0.2) is 0 Å². The number of nitrogen functional groups attached to an aromatic ring is 1. The minimum atomic E-state index is -0.625. The first kappa shape index (κ1) is 10.6. The number of nitro benzene ring substituents is 1. The van der Waals surface area contributed by atoms with Crippen molar-refractivity contribution in [3.63, 3.8) is 0 Å². The Bertz CT molecular complexity index is 393. The van der Waals surface area contributed by atoms with Crippen LogP contribution < -0.4 is 5.73 Å². The summed E-state index contributed by atoms with van der Waals surface area (Å²) in [5, 5.41) is 19.8. The molecule has 76 valence electrons. The molecule has 5 nitrogen and oxygen atoms in total. The topological polar surface area (TPSA) is 89.4 Å². The molecule has 0 radical (unpaired) electrons. The fraction of sp³-hybridized carbons (Fsp3) is 0.250. The molecule has 0 spiro atoms. The molecule has 0 amide bonds. The zero-order valence-electron chi connectivity index (χ0n) is 7.45. The van der Waals surface area contributed by atoms with Crippen molar-refractivity contribution in [1.29, 1.82) is 0 Å². The average Bonchev–Trinajstić information content (AvgIpc) is 2.14. The van der Waals surface area contributed by atoms with Gasteiger partial charge in [0.05, 0.1) is 4.92 Å². The van der Waals surface area contributed by atoms with Gasteiger partial charge in [0, 0.05) is 11.6 Å². The molecule has 0 saturated heterocycles. The molecule has 0 atom stereocenters. The SMILES string of the molecule is CCc1cc([N+](=O)[O-])c(N)c(Cl)c1O. The molecule has 1 aromatic carbocycles. The predicted octanol–water partition coefficient (Wildman–Crippen LogP) is 2.10. The molecular weight excluding hydrogens is 208 g/mol. The number of nitro groups is 1. The highest BCUT2D eigenvalue weighted by Gasteiger charge is 2.20. The molecule has 6 heteroatoms. The number of aryl methyl sites for hydroxylation is 1. The Balaban J connectivity index is 3.48. The third-order valence-corrected chi connectivity index (χ3v) is 2.30. The highest BCUT2D eigenvalue weighted by atomic mass is 35.5. The van der Waals surface area contributed by atoms with Crippen LogP contribution in [0.2, 0.25) is 5.02 Å². The molecule has 14 heavy (non-hydrogen) atoms. The molecule has 0 heterocycles. The molecule has 3 N–H and O–H groups in total. The highest BCUT2D eigenvalue weighted by Crippen LogP contribution is 2.39. The molecule has 1 aromatic rings. The second-order valence-electron chi connectivity index (χ2n) is 2.74. The minimum absolute atomic E-state index is 0.156. The second-order valence-corrected chi connectivity index (χ2v) is 3.12. The summed E-state index contributed by atoms with van der Waals surface area (Å²) >= 11 is 5.63. The lowest BCUT2D eigenvalue weighted by Gasteiger charge is -2.06. The van der Waals surface area contributed by atoms with Crippen LogP contribution in [0, 0.1) is 10.1 Å². The minimum Gasteiger partial charge on any atom is -0.506 e. The van der Waals surface area contributed by atoms with Gasteiger partial charge in [0.1, 0.15) is 16.5 Å². The first-order valence-corrected chi connectivity index (χ1v) is 4.31. The number of halogens is 1. The van der Waals surface area contributed by atoms with E-state index in [9.17, 15) is 15.2 Å². The van der Waals surface area contributed by atoms with Gasteiger partial charge in [0.25, 0.3) is 5.69 Å². The number of phenols is 1. The Kier molecular flexibility index (Phi) is 2.81. The maximum atomic E-state index is 10.5. The van der Waals surface area contributed by atoms with E-state index in [1.165, 1.54) is 6.07 Å². The Morgan fingerprint density at radius 3 is 2.71 bits per heavy atom. The van der Waals surface area contributed by atoms with Crippen LogP contribution in [0.15, 0.2) is 6.07 Å². The van der Waals surface area contributed by atoms with Crippen molar-refractivity contribution in [2.75, 3.05) is 5.73 Å². The summed E-state index contributed by atoms with van der Waals surface area (Å²) in [4.78, 5) is 9.91. The van der Waals surface area contributed by atoms with Crippen LogP contribution in [-0.2, 0) is 6.42 Å². The van der Waals surface area contributed by atoms with Crippen LogP contribution in [0.4, 0.5) is 11.4 Å². The van der Waals surface area contributed by atoms with Crippen LogP contribution >= 0.6 is 11.6 Å². The summed E-state index contributed by atoms with van der Waals surface area (Å²) in [5.74, 6) is -0.183. The van der Waals surface area contributed by atoms with E-state index >= 15 is 0 Å². The Labute approximate surface area is 85.3 Å². The van der Waals surface area contributed by atoms with Gasteiger partial charge in [-0.1, -0.05) is 18.5 Å². The average molecular weight is 217 g/mol. The number of hydrogen-bond acceptors (Lipinski definition) is 4. The van der Waals surface area contributed by atoms with E-state index in [0.717, 1.165) is 0 Å². The Hall–Kier alpha value is -1.49. The third-order valence-electron chi connectivity index (χ3n) is 1.91. The van der Waals surface area contributed by atoms with Gasteiger partial charge in [0.2, 0.25) is 0 Å². The van der Waals surface area contributed by atoms with Crippen molar-refractivity contribution in [2.24, 2.45) is 0 Å². The van der Waals surface area contributed by atoms with Gasteiger partial charge in [-0.3, -0.25) is 10.1 Å². The lowest BCUT2D eigenvalue weighted by molar-refractivity contribution is -0.384. The van der Waals surface area contributed by atoms with Crippen molar-refractivity contribution in [3.8, 4) is 5.75 Å². The highest BCUT2D eigenvalue weighted by molar-refractivity contribution is 6.35. The van der Waals surface area contributed by atoms with E-state index in [4.69, 9.17) is 17.3 Å². The van der Waals surface area contributed by atoms with Crippen molar-refractivity contribution in [3.05, 3.63) is 26.8 Å². The van der Waals surface area contributed by atoms with Crippen molar-refractivity contribution in [1.82, 2.24) is 0 Å². The largest absolute Gasteiger partial charge is 0.506 e. The monoisotopic (exact) mass is 216 g/mol. The van der Waals surface area contributed by atoms with E-state index < -0.39 is 4.92 Å². The molecule has 0 saturated carbocycles. The number of aromatic hydroxyl groups is 1. The van der Waals surface area contributed by atoms with E-state index in [2.05, 4.69) is 0 Å². The normalized spacial score (nSPS) is 10.1. The summed E-state index contributed by atoms with van der Waals surface area (Å²) in [6.07, 6.45) is 0.451. The molecule has 0 aromatic heterocycles. The fourth-order valence-corrected chi connectivity index (χ4v) is 1.33. The quantitative estimate of drug-likeness (QED) is 0.450. The number of anilines is 1. The maximum Gasteiger partial charge on any atom is 0.294 e. The number of nitrogens with zero attached hydrogens (tertiary/aromatic N) is 1. The lowest BCUT2D eigenvalue weighted by Crippen LogP contribution is -1.98. The maximum absolute atomic E-state index is 10.5. The van der Waals surface area contributed by atoms with Gasteiger partial charge in [-0.2, -0.15) is 0 Å². The molecule has 0 aliphatic carbocycles. The molecular formula is C8H9ClN2O3. The van der Waals surface area contributed by atoms with E-state index in [1.54, 1.807) is 6.92 Å². The first-order valence-electron chi connectivity index (χ1n) is 3.93. The van der Waals surface area contributed by atoms with Gasteiger partial charge in [-0.25, -0.2) is 0 Å². The lowest BCUT2D eigenvalue weighted by atomic mass is 10.1. The summed E-state index contributed by atoms with van der Waals surface area (Å²) < 4.78 is 0. The van der Waals surface area contributed by atoms with Gasteiger partial charge >= 0.3 is 0 Å². The Morgan fingerprint density at radius 1 is 1.71 bits per heavy atom. The predicted molar refractivity (Wildman–Crippen MR) is 53.6 cm³/mol. The first-order chi connectivity index (χ1) is 6.49. The van der Waals surface area contributed by atoms with Crippen LogP contribution in [0.3, 0.4) is 0 Å². The molecule has 0 bridgehead atoms. The standard InChI is InChI=1S/C8H9ClN2O3/c1-2-4-3-5(11(13)14)7(10)6(9)8(4)12/h3,12H,2,10H2,1H3. The van der Waals surface area contributed by atoms with Gasteiger partial charge < -0.3 is 10.8 Å². The van der Waals surface area contributed by atoms with Crippen molar-refractivity contribution < 1.29 is 10.0 Å². The zero-order valence-corrected chi connectivity index (χ0v) is 8.21. The molecule has 0 aliphatic rings. The van der Waals surface area contributed by atoms with Crippen molar-refractivity contribution in [2.45, 2.75) is 13.3 Å². The third kappa shape index (κ3) is 1.58.